The molecule has 4 aromatic carbocycles. The monoisotopic (exact) mass is 937 g/mol. The van der Waals surface area contributed by atoms with E-state index in [1.807, 2.05) is 0 Å². The Morgan fingerprint density at radius 1 is 0.782 bits per heavy atom. The summed E-state index contributed by atoms with van der Waals surface area (Å²) in [5.41, 5.74) is 4.11. The van der Waals surface area contributed by atoms with Gasteiger partial charge < -0.3 is 5.11 Å². The number of pyridine rings is 1. The van der Waals surface area contributed by atoms with Gasteiger partial charge in [-0.25, -0.2) is 0 Å². The molecule has 0 amide bonds. The van der Waals surface area contributed by atoms with Gasteiger partial charge in [-0.3, -0.25) is 9.78 Å². The summed E-state index contributed by atoms with van der Waals surface area (Å²) in [6.07, 6.45) is 8.53. The van der Waals surface area contributed by atoms with Crippen molar-refractivity contribution in [2.24, 2.45) is 21.7 Å². The fourth-order valence-corrected chi connectivity index (χ4v) is 9.67. The molecule has 0 saturated carbocycles. The van der Waals surface area contributed by atoms with E-state index in [4.69, 9.17) is 7.73 Å². The third-order valence-electron chi connectivity index (χ3n) is 12.1. The summed E-state index contributed by atoms with van der Waals surface area (Å²) in [6, 6.07) is 21.1. The summed E-state index contributed by atoms with van der Waals surface area (Å²) in [4.78, 5) is 19.6. The second kappa shape index (κ2) is 17.7. The first kappa shape index (κ1) is 41.6. The van der Waals surface area contributed by atoms with Crippen LogP contribution in [0.15, 0.2) is 82.4 Å². The van der Waals surface area contributed by atoms with Crippen molar-refractivity contribution < 1.29 is 32.7 Å². The van der Waals surface area contributed by atoms with Crippen LogP contribution in [0.25, 0.3) is 43.6 Å². The minimum Gasteiger partial charge on any atom is -0.512 e. The fraction of sp³-hybridized carbons (Fsp3) is 0.480. The molecule has 1 aromatic heterocycles. The average molecular weight is 937 g/mol. The van der Waals surface area contributed by atoms with Crippen molar-refractivity contribution in [3.63, 3.8) is 0 Å². The van der Waals surface area contributed by atoms with Gasteiger partial charge in [0, 0.05) is 53.8 Å². The number of nitrogens with zero attached hydrogens (tertiary/aromatic N) is 1. The Morgan fingerprint density at radius 2 is 1.36 bits per heavy atom. The molecular weight excluding hydrogens is 871 g/mol. The molecule has 2 heterocycles. The number of aliphatic hydroxyl groups excluding tert-OH is 1. The molecule has 6 rings (SSSR count). The molecule has 1 N–H and O–H groups in total. The zero-order chi connectivity index (χ0) is 41.4. The van der Waals surface area contributed by atoms with Crippen molar-refractivity contribution in [1.29, 1.82) is 0 Å². The first-order valence-corrected chi connectivity index (χ1v) is 21.1. The molecule has 1 aliphatic heterocycles. The van der Waals surface area contributed by atoms with Gasteiger partial charge in [0.05, 0.1) is 2.74 Å². The van der Waals surface area contributed by atoms with E-state index in [9.17, 15) is 9.90 Å². The standard InChI is InChI=1S/C33H32NS.C17H32O2.Ir/c1-32(2,3)18-21-11-9-13-23-24-14-15-34-30-26-16-20-10-7-8-12-22(20)27(19-33(4,5)6)31(26)35-28(29(24)30)17-25(21)23;1-7-16(8-2,9-3)14(18)13-15(19)17(10-4,11-5)12-6;/h7-15,17H,18-19H2,1-6H3;13,18H,7-12H2,1-6H3;/q-1;;/b;14-13-;/i14D,15D;;. The third-order valence-corrected chi connectivity index (χ3v) is 13.3. The summed E-state index contributed by atoms with van der Waals surface area (Å²) in [5.74, 6) is 0.377. The Labute approximate surface area is 352 Å². The number of aliphatic hydroxyl groups is 1. The number of ketones is 1. The van der Waals surface area contributed by atoms with Crippen molar-refractivity contribution in [3.8, 4) is 11.3 Å². The van der Waals surface area contributed by atoms with Crippen LogP contribution in [0.4, 0.5) is 0 Å². The maximum Gasteiger partial charge on any atom is 0.165 e. The number of allylic oxidation sites excluding steroid dienone is 2. The van der Waals surface area contributed by atoms with Crippen molar-refractivity contribution in [2.45, 2.75) is 144 Å². The van der Waals surface area contributed by atoms with E-state index in [0.29, 0.717) is 0 Å². The molecule has 0 saturated heterocycles. The average Bonchev–Trinajstić information content (AvgIpc) is 3.15. The largest absolute Gasteiger partial charge is 0.512 e. The van der Waals surface area contributed by atoms with Crippen LogP contribution in [0, 0.1) is 27.7 Å². The van der Waals surface area contributed by atoms with Gasteiger partial charge in [0.25, 0.3) is 0 Å². The first-order valence-electron chi connectivity index (χ1n) is 21.3. The van der Waals surface area contributed by atoms with Crippen molar-refractivity contribution in [3.05, 3.63) is 89.8 Å². The maximum atomic E-state index is 12.5. The van der Waals surface area contributed by atoms with Crippen LogP contribution >= 0.6 is 11.8 Å². The molecule has 1 radical (unpaired) electrons. The maximum absolute atomic E-state index is 12.5. The van der Waals surface area contributed by atoms with Crippen LogP contribution in [-0.4, -0.2) is 15.9 Å². The smallest absolute Gasteiger partial charge is 0.165 e. The van der Waals surface area contributed by atoms with Gasteiger partial charge in [0.1, 0.15) is 5.76 Å². The van der Waals surface area contributed by atoms with Crippen molar-refractivity contribution >= 4 is 49.9 Å². The Bertz CT molecular complexity index is 2270. The SMILES string of the molecule is CCC(CC)(CC)C(=O)/C=C(\O)C(CC)(CC)CC.[2H]c1nc2c3c(cc4c(CC(C)(C)C)cccc4c3c1[2H])Sc1c-2[c-]c2ccccc2c1CC(C)(C)C.[Ir]. The van der Waals surface area contributed by atoms with Crippen LogP contribution in [0.3, 0.4) is 0 Å². The minimum atomic E-state index is -0.297. The topological polar surface area (TPSA) is 50.2 Å². The van der Waals surface area contributed by atoms with Gasteiger partial charge in [-0.05, 0) is 106 Å². The van der Waals surface area contributed by atoms with E-state index < -0.39 is 0 Å². The molecule has 0 atom stereocenters. The third kappa shape index (κ3) is 9.11. The van der Waals surface area contributed by atoms with Gasteiger partial charge >= 0.3 is 0 Å². The van der Waals surface area contributed by atoms with Gasteiger partial charge in [0.15, 0.2) is 5.78 Å². The zero-order valence-electron chi connectivity index (χ0n) is 37.4. The summed E-state index contributed by atoms with van der Waals surface area (Å²) in [7, 11) is 0. The zero-order valence-corrected chi connectivity index (χ0v) is 38.6. The molecule has 5 heteroatoms. The van der Waals surface area contributed by atoms with Crippen LogP contribution in [0.2, 0.25) is 0 Å². The molecule has 0 bridgehead atoms. The van der Waals surface area contributed by atoms with E-state index in [2.05, 4.69) is 138 Å². The van der Waals surface area contributed by atoms with Crippen LogP contribution in [0.1, 0.15) is 135 Å². The number of rotatable bonds is 11. The van der Waals surface area contributed by atoms with Crippen LogP contribution in [-0.2, 0) is 37.7 Å². The van der Waals surface area contributed by atoms with E-state index in [-0.39, 0.29) is 65.5 Å². The summed E-state index contributed by atoms with van der Waals surface area (Å²) >= 11 is 1.80. The molecule has 0 unspecified atom stereocenters. The van der Waals surface area contributed by atoms with Crippen LogP contribution in [0.5, 0.6) is 0 Å². The molecule has 5 aromatic rings. The predicted octanol–water partition coefficient (Wildman–Crippen LogP) is 15.1. The van der Waals surface area contributed by atoms with Gasteiger partial charge in [-0.2, -0.15) is 0 Å². The Morgan fingerprint density at radius 3 is 1.95 bits per heavy atom. The molecule has 3 nitrogen and oxygen atoms in total. The second-order valence-corrected chi connectivity index (χ2v) is 18.9. The van der Waals surface area contributed by atoms with Crippen molar-refractivity contribution in [2.75, 3.05) is 0 Å². The fourth-order valence-electron chi connectivity index (χ4n) is 8.42. The summed E-state index contributed by atoms with van der Waals surface area (Å²) in [5, 5.41) is 16.8. The molecule has 1 aliphatic rings. The molecule has 297 valence electrons. The molecular formula is C50H64IrNO2S-. The Kier molecular flexibility index (Phi) is 13.4. The van der Waals surface area contributed by atoms with Crippen molar-refractivity contribution in [1.82, 2.24) is 4.98 Å². The van der Waals surface area contributed by atoms with E-state index in [0.717, 1.165) is 89.1 Å². The van der Waals surface area contributed by atoms with Gasteiger partial charge in [-0.15, -0.1) is 29.3 Å². The van der Waals surface area contributed by atoms with Crippen LogP contribution < -0.4 is 0 Å². The minimum absolute atomic E-state index is 0. The number of hydrogen-bond acceptors (Lipinski definition) is 4. The molecule has 55 heavy (non-hydrogen) atoms. The quantitative estimate of drug-likeness (QED) is 0.0609. The summed E-state index contributed by atoms with van der Waals surface area (Å²) in [6.45, 7) is 26.1. The van der Waals surface area contributed by atoms with E-state index in [1.54, 1.807) is 11.8 Å². The molecule has 0 aliphatic carbocycles. The summed E-state index contributed by atoms with van der Waals surface area (Å²) < 4.78 is 17.6. The molecule has 0 fully saturated rings. The normalized spacial score (nSPS) is 13.9. The first-order chi connectivity index (χ1) is 26.3. The second-order valence-electron chi connectivity index (χ2n) is 17.8. The number of hydrogen-bond donors (Lipinski definition) is 1. The van der Waals surface area contributed by atoms with Gasteiger partial charge in [-0.1, -0.05) is 136 Å². The number of carbonyl (C=O) groups excluding carboxylic acids is 1. The Hall–Kier alpha value is -2.98. The van der Waals surface area contributed by atoms with E-state index in [1.165, 1.54) is 32.9 Å². The molecule has 0 spiro atoms. The Balaban J connectivity index is 0.000000309. The predicted molar refractivity (Wildman–Crippen MR) is 234 cm³/mol. The number of fused-ring (bicyclic) bond motifs is 5. The van der Waals surface area contributed by atoms with Gasteiger partial charge in [0.2, 0.25) is 0 Å². The number of carbonyl (C=O) groups is 1. The number of benzene rings is 4. The van der Waals surface area contributed by atoms with E-state index >= 15 is 0 Å². The number of aromatic nitrogens is 1.